The van der Waals surface area contributed by atoms with Crippen LogP contribution in [0.2, 0.25) is 5.02 Å². The summed E-state index contributed by atoms with van der Waals surface area (Å²) in [5, 5.41) is 4.48. The van der Waals surface area contributed by atoms with Gasteiger partial charge in [0.25, 0.3) is 5.91 Å². The number of carbonyl (C=O) groups is 1. The number of ether oxygens (including phenoxy) is 1. The molecule has 1 N–H and O–H groups in total. The smallest absolute Gasteiger partial charge is 0.280 e. The van der Waals surface area contributed by atoms with Crippen molar-refractivity contribution in [1.82, 2.24) is 5.43 Å². The van der Waals surface area contributed by atoms with Gasteiger partial charge in [-0.2, -0.15) is 5.10 Å². The number of benzene rings is 1. The Kier molecular flexibility index (Phi) is 6.36. The average Bonchev–Trinajstić information content (AvgIpc) is 2.37. The van der Waals surface area contributed by atoms with Crippen molar-refractivity contribution in [3.8, 4) is 5.75 Å². The fraction of sp³-hybridized carbons (Fsp3) is 0.429. The van der Waals surface area contributed by atoms with Gasteiger partial charge in [0.2, 0.25) is 0 Å². The first-order valence-corrected chi connectivity index (χ1v) is 6.66. The van der Waals surface area contributed by atoms with E-state index in [9.17, 15) is 4.79 Å². The molecular formula is C14H19ClN2O2. The molecule has 0 radical (unpaired) electrons. The van der Waals surface area contributed by atoms with E-state index in [0.29, 0.717) is 10.8 Å². The van der Waals surface area contributed by atoms with Crippen molar-refractivity contribution in [2.75, 3.05) is 0 Å². The van der Waals surface area contributed by atoms with Gasteiger partial charge in [0.15, 0.2) is 6.10 Å². The highest BCUT2D eigenvalue weighted by Crippen LogP contribution is 2.22. The zero-order valence-corrected chi connectivity index (χ0v) is 12.2. The van der Waals surface area contributed by atoms with Crippen LogP contribution < -0.4 is 10.2 Å². The normalized spacial score (nSPS) is 12.4. The molecule has 0 aliphatic heterocycles. The van der Waals surface area contributed by atoms with E-state index < -0.39 is 6.10 Å². The summed E-state index contributed by atoms with van der Waals surface area (Å²) in [5.41, 5.74) is 3.34. The molecule has 0 fully saturated rings. The number of nitrogens with one attached hydrogen (secondary N) is 1. The fourth-order valence-electron chi connectivity index (χ4n) is 1.38. The van der Waals surface area contributed by atoms with Crippen LogP contribution in [-0.2, 0) is 4.79 Å². The van der Waals surface area contributed by atoms with Gasteiger partial charge in [-0.15, -0.1) is 0 Å². The first-order chi connectivity index (χ1) is 9.04. The number of hydrazone groups is 1. The van der Waals surface area contributed by atoms with E-state index in [-0.39, 0.29) is 5.91 Å². The summed E-state index contributed by atoms with van der Waals surface area (Å²) in [6.07, 6.45) is 2.90. The molecule has 1 aromatic carbocycles. The second kappa shape index (κ2) is 7.79. The summed E-state index contributed by atoms with van der Waals surface area (Å²) >= 11 is 5.86. The van der Waals surface area contributed by atoms with Crippen LogP contribution in [0.4, 0.5) is 0 Å². The van der Waals surface area contributed by atoms with Gasteiger partial charge >= 0.3 is 0 Å². The van der Waals surface area contributed by atoms with Crippen molar-refractivity contribution in [2.45, 2.75) is 39.7 Å². The Morgan fingerprint density at radius 1 is 1.58 bits per heavy atom. The molecule has 0 aromatic heterocycles. The number of rotatable bonds is 6. The van der Waals surface area contributed by atoms with Crippen molar-refractivity contribution < 1.29 is 9.53 Å². The molecule has 104 valence electrons. The van der Waals surface area contributed by atoms with Crippen LogP contribution >= 0.6 is 11.6 Å². The Balaban J connectivity index is 2.54. The summed E-state index contributed by atoms with van der Waals surface area (Å²) in [5.74, 6) is 0.367. The van der Waals surface area contributed by atoms with E-state index in [1.165, 1.54) is 0 Å². The molecule has 0 spiro atoms. The van der Waals surface area contributed by atoms with Crippen molar-refractivity contribution in [2.24, 2.45) is 5.10 Å². The lowest BCUT2D eigenvalue weighted by Gasteiger charge is -2.14. The van der Waals surface area contributed by atoms with Gasteiger partial charge < -0.3 is 4.74 Å². The lowest BCUT2D eigenvalue weighted by Crippen LogP contribution is -2.33. The van der Waals surface area contributed by atoms with Crippen LogP contribution in [0.3, 0.4) is 0 Å². The summed E-state index contributed by atoms with van der Waals surface area (Å²) in [6, 6.07) is 5.27. The molecule has 1 atom stereocenters. The van der Waals surface area contributed by atoms with Gasteiger partial charge in [0.05, 0.1) is 0 Å². The number of halogens is 1. The number of nitrogens with zero attached hydrogens (tertiary/aromatic N) is 1. The van der Waals surface area contributed by atoms with Gasteiger partial charge in [0.1, 0.15) is 5.75 Å². The van der Waals surface area contributed by atoms with E-state index in [4.69, 9.17) is 16.3 Å². The third-order valence-corrected chi connectivity index (χ3v) is 2.73. The molecule has 0 unspecified atom stereocenters. The molecule has 0 aliphatic rings. The Labute approximate surface area is 118 Å². The lowest BCUT2D eigenvalue weighted by atomic mass is 10.2. The number of aryl methyl sites for hydroxylation is 1. The largest absolute Gasteiger partial charge is 0.481 e. The zero-order valence-electron chi connectivity index (χ0n) is 11.4. The molecule has 0 bridgehead atoms. The summed E-state index contributed by atoms with van der Waals surface area (Å²) < 4.78 is 5.57. The number of amides is 1. The van der Waals surface area contributed by atoms with Crippen LogP contribution in [0.25, 0.3) is 0 Å². The van der Waals surface area contributed by atoms with Crippen LogP contribution in [-0.4, -0.2) is 18.2 Å². The van der Waals surface area contributed by atoms with Crippen molar-refractivity contribution >= 4 is 23.7 Å². The third kappa shape index (κ3) is 5.30. The first kappa shape index (κ1) is 15.5. The molecule has 1 aromatic rings. The Bertz CT molecular complexity index is 461. The maximum Gasteiger partial charge on any atom is 0.280 e. The number of hydrogen-bond acceptors (Lipinski definition) is 3. The van der Waals surface area contributed by atoms with Crippen molar-refractivity contribution in [3.63, 3.8) is 0 Å². The second-order valence-electron chi connectivity index (χ2n) is 4.25. The van der Waals surface area contributed by atoms with E-state index in [1.54, 1.807) is 31.3 Å². The second-order valence-corrected chi connectivity index (χ2v) is 4.68. The highest BCUT2D eigenvalue weighted by molar-refractivity contribution is 6.30. The average molecular weight is 283 g/mol. The molecular weight excluding hydrogens is 264 g/mol. The SMILES string of the molecule is CCC/C=N\NC(=O)[C@H](C)Oc1ccc(Cl)cc1C. The molecule has 0 saturated heterocycles. The van der Waals surface area contributed by atoms with E-state index in [0.717, 1.165) is 18.4 Å². The van der Waals surface area contributed by atoms with Gasteiger partial charge in [0, 0.05) is 11.2 Å². The van der Waals surface area contributed by atoms with Gasteiger partial charge in [-0.1, -0.05) is 24.9 Å². The molecule has 0 saturated carbocycles. The minimum absolute atomic E-state index is 0.276. The summed E-state index contributed by atoms with van der Waals surface area (Å²) in [4.78, 5) is 11.7. The quantitative estimate of drug-likeness (QED) is 0.643. The fourth-order valence-corrected chi connectivity index (χ4v) is 1.61. The van der Waals surface area contributed by atoms with E-state index in [2.05, 4.69) is 10.5 Å². The lowest BCUT2D eigenvalue weighted by molar-refractivity contribution is -0.127. The van der Waals surface area contributed by atoms with E-state index >= 15 is 0 Å². The molecule has 19 heavy (non-hydrogen) atoms. The van der Waals surface area contributed by atoms with Crippen LogP contribution in [0, 0.1) is 6.92 Å². The predicted octanol–water partition coefficient (Wildman–Crippen LogP) is 3.32. The monoisotopic (exact) mass is 282 g/mol. The molecule has 0 heterocycles. The van der Waals surface area contributed by atoms with Crippen molar-refractivity contribution in [1.29, 1.82) is 0 Å². The van der Waals surface area contributed by atoms with Crippen molar-refractivity contribution in [3.05, 3.63) is 28.8 Å². The molecule has 5 heteroatoms. The van der Waals surface area contributed by atoms with Crippen LogP contribution in [0.15, 0.2) is 23.3 Å². The van der Waals surface area contributed by atoms with E-state index in [1.807, 2.05) is 13.8 Å². The minimum atomic E-state index is -0.612. The molecule has 1 rings (SSSR count). The Morgan fingerprint density at radius 3 is 2.95 bits per heavy atom. The van der Waals surface area contributed by atoms with Crippen LogP contribution in [0.5, 0.6) is 5.75 Å². The zero-order chi connectivity index (χ0) is 14.3. The topological polar surface area (TPSA) is 50.7 Å². The molecule has 4 nitrogen and oxygen atoms in total. The Hall–Kier alpha value is -1.55. The summed E-state index contributed by atoms with van der Waals surface area (Å²) in [7, 11) is 0. The highest BCUT2D eigenvalue weighted by atomic mass is 35.5. The number of carbonyl (C=O) groups excluding carboxylic acids is 1. The van der Waals surface area contributed by atoms with Crippen LogP contribution in [0.1, 0.15) is 32.3 Å². The predicted molar refractivity (Wildman–Crippen MR) is 77.8 cm³/mol. The van der Waals surface area contributed by atoms with Gasteiger partial charge in [-0.05, 0) is 44.0 Å². The third-order valence-electron chi connectivity index (χ3n) is 2.49. The molecule has 0 aliphatic carbocycles. The Morgan fingerprint density at radius 2 is 2.32 bits per heavy atom. The van der Waals surface area contributed by atoms with Gasteiger partial charge in [-0.3, -0.25) is 4.79 Å². The first-order valence-electron chi connectivity index (χ1n) is 6.28. The van der Waals surface area contributed by atoms with Gasteiger partial charge in [-0.25, -0.2) is 5.43 Å². The maximum absolute atomic E-state index is 11.7. The number of hydrogen-bond donors (Lipinski definition) is 1. The molecule has 1 amide bonds. The number of unbranched alkanes of at least 4 members (excludes halogenated alkanes) is 1. The summed E-state index contributed by atoms with van der Waals surface area (Å²) in [6.45, 7) is 5.60. The standard InChI is InChI=1S/C14H19ClN2O2/c1-4-5-8-16-17-14(18)11(3)19-13-7-6-12(15)9-10(13)2/h6-9,11H,4-5H2,1-3H3,(H,17,18)/b16-8-/t11-/m0/s1. The minimum Gasteiger partial charge on any atom is -0.481 e. The highest BCUT2D eigenvalue weighted by Gasteiger charge is 2.14. The maximum atomic E-state index is 11.7.